The smallest absolute Gasteiger partial charge is 0.256 e. The highest BCUT2D eigenvalue weighted by Gasteiger charge is 2.23. The number of carbonyl (C=O) groups is 1. The second kappa shape index (κ2) is 7.82. The van der Waals surface area contributed by atoms with Crippen LogP contribution in [0.3, 0.4) is 0 Å². The average Bonchev–Trinajstić information content (AvgIpc) is 2.92. The molecule has 2 aromatic rings. The Morgan fingerprint density at radius 2 is 1.79 bits per heavy atom. The number of fused-ring (bicyclic) bond motifs is 1. The van der Waals surface area contributed by atoms with Gasteiger partial charge in [-0.15, -0.1) is 0 Å². The molecule has 3 rings (SSSR count). The molecule has 1 heterocycles. The van der Waals surface area contributed by atoms with Crippen molar-refractivity contribution in [1.82, 2.24) is 0 Å². The summed E-state index contributed by atoms with van der Waals surface area (Å²) in [4.78, 5) is 12.1. The Morgan fingerprint density at radius 3 is 2.58 bits per heavy atom. The van der Waals surface area contributed by atoms with E-state index in [4.69, 9.17) is 4.74 Å². The number of nitrogens with one attached hydrogen (secondary N) is 1. The van der Waals surface area contributed by atoms with E-state index in [1.165, 1.54) is 19.3 Å². The molecule has 0 radical (unpaired) electrons. The van der Waals surface area contributed by atoms with E-state index in [0.717, 1.165) is 35.6 Å². The van der Waals surface area contributed by atoms with Crippen molar-refractivity contribution in [3.05, 3.63) is 59.7 Å². The van der Waals surface area contributed by atoms with Crippen molar-refractivity contribution in [1.29, 1.82) is 0 Å². The van der Waals surface area contributed by atoms with E-state index < -0.39 is 0 Å². The van der Waals surface area contributed by atoms with E-state index in [-0.39, 0.29) is 5.91 Å². The number of ether oxygens (including phenoxy) is 1. The van der Waals surface area contributed by atoms with Gasteiger partial charge in [-0.25, -0.2) is 0 Å². The molecule has 0 spiro atoms. The fourth-order valence-electron chi connectivity index (χ4n) is 2.83. The lowest BCUT2D eigenvalue weighted by Gasteiger charge is -2.06. The van der Waals surface area contributed by atoms with E-state index >= 15 is 0 Å². The number of benzene rings is 2. The standard InChI is InChI=1S/C21H23NO2/c1-2-3-4-7-14-24-17-12-10-16(11-13-17)15-19-18-8-5-6-9-20(18)22-21(19)23/h5-6,8-13,15H,2-4,7,14H2,1H3,(H,22,23). The third-order valence-electron chi connectivity index (χ3n) is 4.17. The Balaban J connectivity index is 1.65. The van der Waals surface area contributed by atoms with Crippen LogP contribution in [-0.4, -0.2) is 12.5 Å². The molecular weight excluding hydrogens is 298 g/mol. The van der Waals surface area contributed by atoms with Gasteiger partial charge < -0.3 is 10.1 Å². The zero-order valence-corrected chi connectivity index (χ0v) is 14.0. The molecule has 0 bridgehead atoms. The number of amides is 1. The molecule has 1 N–H and O–H groups in total. The first kappa shape index (κ1) is 16.3. The van der Waals surface area contributed by atoms with Gasteiger partial charge >= 0.3 is 0 Å². The van der Waals surface area contributed by atoms with Gasteiger partial charge in [0.25, 0.3) is 5.91 Å². The molecule has 1 aliphatic heterocycles. The van der Waals surface area contributed by atoms with Crippen LogP contribution in [-0.2, 0) is 4.79 Å². The lowest BCUT2D eigenvalue weighted by molar-refractivity contribution is -0.110. The van der Waals surface area contributed by atoms with Crippen molar-refractivity contribution in [3.8, 4) is 5.75 Å². The van der Waals surface area contributed by atoms with Crippen molar-refractivity contribution in [3.63, 3.8) is 0 Å². The molecule has 0 aromatic heterocycles. The van der Waals surface area contributed by atoms with Gasteiger partial charge in [0.15, 0.2) is 0 Å². The van der Waals surface area contributed by atoms with Gasteiger partial charge in [-0.05, 0) is 36.3 Å². The summed E-state index contributed by atoms with van der Waals surface area (Å²) in [5, 5.41) is 2.89. The van der Waals surface area contributed by atoms with Gasteiger partial charge in [0.1, 0.15) is 5.75 Å². The van der Waals surface area contributed by atoms with Crippen molar-refractivity contribution >= 4 is 23.2 Å². The van der Waals surface area contributed by atoms with E-state index in [0.29, 0.717) is 5.57 Å². The minimum Gasteiger partial charge on any atom is -0.494 e. The molecular formula is C21H23NO2. The first-order valence-corrected chi connectivity index (χ1v) is 8.63. The highest BCUT2D eigenvalue weighted by atomic mass is 16.5. The van der Waals surface area contributed by atoms with Gasteiger partial charge in [-0.3, -0.25) is 4.79 Å². The zero-order chi connectivity index (χ0) is 16.8. The SMILES string of the molecule is CCCCCCOc1ccc(C=C2C(=O)Nc3ccccc32)cc1. The fourth-order valence-corrected chi connectivity index (χ4v) is 2.83. The molecule has 0 atom stereocenters. The summed E-state index contributed by atoms with van der Waals surface area (Å²) < 4.78 is 5.75. The molecule has 0 fully saturated rings. The minimum atomic E-state index is -0.0487. The lowest BCUT2D eigenvalue weighted by Crippen LogP contribution is -2.03. The van der Waals surface area contributed by atoms with Crippen LogP contribution in [0.4, 0.5) is 5.69 Å². The van der Waals surface area contributed by atoms with Crippen molar-refractivity contribution in [2.24, 2.45) is 0 Å². The van der Waals surface area contributed by atoms with Gasteiger partial charge in [0.2, 0.25) is 0 Å². The summed E-state index contributed by atoms with van der Waals surface area (Å²) in [6.07, 6.45) is 6.73. The van der Waals surface area contributed by atoms with Crippen LogP contribution in [0.5, 0.6) is 5.75 Å². The first-order chi connectivity index (χ1) is 11.8. The topological polar surface area (TPSA) is 38.3 Å². The maximum absolute atomic E-state index is 12.1. The molecule has 0 saturated heterocycles. The monoisotopic (exact) mass is 321 g/mol. The average molecular weight is 321 g/mol. The summed E-state index contributed by atoms with van der Waals surface area (Å²) in [6, 6.07) is 15.7. The van der Waals surface area contributed by atoms with Crippen molar-refractivity contribution in [2.75, 3.05) is 11.9 Å². The maximum atomic E-state index is 12.1. The van der Waals surface area contributed by atoms with E-state index in [1.807, 2.05) is 54.6 Å². The van der Waals surface area contributed by atoms with Gasteiger partial charge in [0.05, 0.1) is 6.61 Å². The summed E-state index contributed by atoms with van der Waals surface area (Å²) in [6.45, 7) is 2.97. The number of hydrogen-bond acceptors (Lipinski definition) is 2. The van der Waals surface area contributed by atoms with Crippen LogP contribution in [0.1, 0.15) is 43.7 Å². The molecule has 2 aromatic carbocycles. The Kier molecular flexibility index (Phi) is 5.32. The first-order valence-electron chi connectivity index (χ1n) is 8.63. The summed E-state index contributed by atoms with van der Waals surface area (Å²) >= 11 is 0. The molecule has 3 nitrogen and oxygen atoms in total. The maximum Gasteiger partial charge on any atom is 0.256 e. The van der Waals surface area contributed by atoms with E-state index in [9.17, 15) is 4.79 Å². The van der Waals surface area contributed by atoms with Gasteiger partial charge in [-0.2, -0.15) is 0 Å². The lowest BCUT2D eigenvalue weighted by atomic mass is 10.0. The third kappa shape index (κ3) is 3.85. The van der Waals surface area contributed by atoms with Gasteiger partial charge in [0, 0.05) is 16.8 Å². The van der Waals surface area contributed by atoms with Crippen LogP contribution < -0.4 is 10.1 Å². The largest absolute Gasteiger partial charge is 0.494 e. The number of unbranched alkanes of at least 4 members (excludes halogenated alkanes) is 3. The van der Waals surface area contributed by atoms with Crippen LogP contribution in [0, 0.1) is 0 Å². The third-order valence-corrected chi connectivity index (χ3v) is 4.17. The molecule has 1 aliphatic rings. The van der Waals surface area contributed by atoms with Crippen LogP contribution in [0.2, 0.25) is 0 Å². The number of rotatable bonds is 7. The number of carbonyl (C=O) groups excluding carboxylic acids is 1. The highest BCUT2D eigenvalue weighted by molar-refractivity contribution is 6.34. The van der Waals surface area contributed by atoms with E-state index in [2.05, 4.69) is 12.2 Å². The molecule has 0 saturated carbocycles. The van der Waals surface area contributed by atoms with Crippen LogP contribution in [0.15, 0.2) is 48.5 Å². The fraction of sp³-hybridized carbons (Fsp3) is 0.286. The Labute approximate surface area is 143 Å². The molecule has 24 heavy (non-hydrogen) atoms. The molecule has 3 heteroatoms. The number of para-hydroxylation sites is 1. The molecule has 1 amide bonds. The molecule has 124 valence electrons. The second-order valence-electron chi connectivity index (χ2n) is 6.04. The quantitative estimate of drug-likeness (QED) is 0.566. The van der Waals surface area contributed by atoms with Crippen LogP contribution >= 0.6 is 0 Å². The summed E-state index contributed by atoms with van der Waals surface area (Å²) in [5.74, 6) is 0.831. The second-order valence-corrected chi connectivity index (χ2v) is 6.04. The van der Waals surface area contributed by atoms with Crippen molar-refractivity contribution in [2.45, 2.75) is 32.6 Å². The van der Waals surface area contributed by atoms with Gasteiger partial charge in [-0.1, -0.05) is 56.5 Å². The molecule has 0 aliphatic carbocycles. The molecule has 0 unspecified atom stereocenters. The Hall–Kier alpha value is -2.55. The number of anilines is 1. The Morgan fingerprint density at radius 1 is 1.00 bits per heavy atom. The van der Waals surface area contributed by atoms with Crippen molar-refractivity contribution < 1.29 is 9.53 Å². The van der Waals surface area contributed by atoms with Crippen LogP contribution in [0.25, 0.3) is 11.6 Å². The highest BCUT2D eigenvalue weighted by Crippen LogP contribution is 2.32. The zero-order valence-electron chi connectivity index (χ0n) is 14.0. The van der Waals surface area contributed by atoms with E-state index in [1.54, 1.807) is 0 Å². The predicted octanol–water partition coefficient (Wildman–Crippen LogP) is 5.14. The summed E-state index contributed by atoms with van der Waals surface area (Å²) in [7, 11) is 0. The number of hydrogen-bond donors (Lipinski definition) is 1. The normalized spacial score (nSPS) is 14.5. The Bertz CT molecular complexity index is 732. The summed E-state index contributed by atoms with van der Waals surface area (Å²) in [5.41, 5.74) is 3.54. The minimum absolute atomic E-state index is 0.0487. The predicted molar refractivity (Wildman–Crippen MR) is 99.0 cm³/mol.